The van der Waals surface area contributed by atoms with Crippen LogP contribution < -0.4 is 19.1 Å². The molecule has 5 rings (SSSR count). The summed E-state index contributed by atoms with van der Waals surface area (Å²) in [6.45, 7) is 5.39. The Kier molecular flexibility index (Phi) is 7.66. The quantitative estimate of drug-likeness (QED) is 0.450. The van der Waals surface area contributed by atoms with Crippen molar-refractivity contribution in [3.63, 3.8) is 0 Å². The summed E-state index contributed by atoms with van der Waals surface area (Å²) < 4.78 is 45.5. The van der Waals surface area contributed by atoms with Gasteiger partial charge in [-0.1, -0.05) is 18.6 Å². The van der Waals surface area contributed by atoms with E-state index in [4.69, 9.17) is 13.8 Å². The lowest BCUT2D eigenvalue weighted by Gasteiger charge is -2.37. The van der Waals surface area contributed by atoms with Gasteiger partial charge in [0, 0.05) is 50.7 Å². The second-order valence-corrected chi connectivity index (χ2v) is 12.2. The number of nitrogens with one attached hydrogen (secondary N) is 1. The Morgan fingerprint density at radius 2 is 1.81 bits per heavy atom. The van der Waals surface area contributed by atoms with Crippen LogP contribution in [0.2, 0.25) is 0 Å². The van der Waals surface area contributed by atoms with Gasteiger partial charge in [-0.2, -0.15) is 4.37 Å². The maximum Gasteiger partial charge on any atom is 0.244 e. The number of aromatic nitrogens is 1. The fourth-order valence-corrected chi connectivity index (χ4v) is 7.56. The third-order valence-corrected chi connectivity index (χ3v) is 9.80. The molecule has 8 nitrogen and oxygen atoms in total. The number of anilines is 1. The molecule has 1 saturated heterocycles. The average Bonchev–Trinajstić information content (AvgIpc) is 3.54. The minimum Gasteiger partial charge on any atom is -0.497 e. The van der Waals surface area contributed by atoms with Crippen LogP contribution in [0.3, 0.4) is 0 Å². The van der Waals surface area contributed by atoms with Crippen molar-refractivity contribution in [2.45, 2.75) is 24.2 Å². The molecule has 1 saturated carbocycles. The summed E-state index contributed by atoms with van der Waals surface area (Å²) in [6.07, 6.45) is 3.34. The molecule has 1 N–H and O–H groups in total. The number of piperazine rings is 1. The van der Waals surface area contributed by atoms with Crippen LogP contribution in [0.25, 0.3) is 10.1 Å². The third-order valence-electron chi connectivity index (χ3n) is 7.54. The standard InChI is InChI=1S/C26H34N4O4S2/c1-33-21-10-11-23(34-2)25(16-21)36(31,32)27-17-19-6-5-7-20(19)18-29-12-14-30(15-13-29)26-22-8-3-4-9-24(22)35-28-26/h3-4,8-11,16,19-20,27H,5-7,12-15,17-18H2,1-2H3/t19-,20-/m1/s1. The van der Waals surface area contributed by atoms with Crippen molar-refractivity contribution < 1.29 is 17.9 Å². The van der Waals surface area contributed by atoms with Crippen LogP contribution in [0.4, 0.5) is 5.82 Å². The van der Waals surface area contributed by atoms with E-state index in [0.717, 1.165) is 57.8 Å². The molecule has 194 valence electrons. The van der Waals surface area contributed by atoms with Gasteiger partial charge in [0.2, 0.25) is 10.0 Å². The Bertz CT molecular complexity index is 1290. The van der Waals surface area contributed by atoms with E-state index >= 15 is 0 Å². The highest BCUT2D eigenvalue weighted by Gasteiger charge is 2.32. The van der Waals surface area contributed by atoms with Gasteiger partial charge >= 0.3 is 0 Å². The number of methoxy groups -OCH3 is 2. The zero-order chi connectivity index (χ0) is 25.1. The lowest BCUT2D eigenvalue weighted by atomic mass is 9.95. The molecule has 2 aliphatic rings. The summed E-state index contributed by atoms with van der Waals surface area (Å²) in [7, 11) is -0.713. The number of sulfonamides is 1. The minimum atomic E-state index is -3.71. The summed E-state index contributed by atoms with van der Waals surface area (Å²) in [5.41, 5.74) is 0. The van der Waals surface area contributed by atoms with Gasteiger partial charge in [0.15, 0.2) is 0 Å². The van der Waals surface area contributed by atoms with Gasteiger partial charge < -0.3 is 14.4 Å². The van der Waals surface area contributed by atoms with Crippen molar-refractivity contribution >= 4 is 37.5 Å². The molecular weight excluding hydrogens is 496 g/mol. The van der Waals surface area contributed by atoms with E-state index in [0.29, 0.717) is 29.9 Å². The van der Waals surface area contributed by atoms with Crippen LogP contribution in [-0.2, 0) is 10.0 Å². The molecule has 36 heavy (non-hydrogen) atoms. The number of fused-ring (bicyclic) bond motifs is 1. The van der Waals surface area contributed by atoms with Crippen LogP contribution >= 0.6 is 11.5 Å². The average molecular weight is 531 g/mol. The molecule has 0 amide bonds. The first-order chi connectivity index (χ1) is 17.5. The monoisotopic (exact) mass is 530 g/mol. The van der Waals surface area contributed by atoms with Gasteiger partial charge in [-0.25, -0.2) is 13.1 Å². The molecule has 2 heterocycles. The Morgan fingerprint density at radius 3 is 2.58 bits per heavy atom. The zero-order valence-corrected chi connectivity index (χ0v) is 22.5. The van der Waals surface area contributed by atoms with Gasteiger partial charge in [-0.05, 0) is 60.5 Å². The number of nitrogens with zero attached hydrogens (tertiary/aromatic N) is 3. The molecule has 0 unspecified atom stereocenters. The first kappa shape index (κ1) is 25.3. The molecule has 1 aliphatic heterocycles. The summed E-state index contributed by atoms with van der Waals surface area (Å²) in [5, 5.41) is 1.24. The van der Waals surface area contributed by atoms with Crippen molar-refractivity contribution in [1.29, 1.82) is 0 Å². The van der Waals surface area contributed by atoms with E-state index in [-0.39, 0.29) is 4.90 Å². The van der Waals surface area contributed by atoms with E-state index in [1.165, 1.54) is 30.4 Å². The predicted molar refractivity (Wildman–Crippen MR) is 144 cm³/mol. The molecule has 2 atom stereocenters. The second kappa shape index (κ2) is 10.9. The highest BCUT2D eigenvalue weighted by atomic mass is 32.2. The van der Waals surface area contributed by atoms with Crippen molar-refractivity contribution in [3.05, 3.63) is 42.5 Å². The maximum atomic E-state index is 13.1. The van der Waals surface area contributed by atoms with Crippen LogP contribution in [0.5, 0.6) is 11.5 Å². The predicted octanol–water partition coefficient (Wildman–Crippen LogP) is 3.83. The normalized spacial score (nSPS) is 21.2. The topological polar surface area (TPSA) is 84.0 Å². The Morgan fingerprint density at radius 1 is 1.03 bits per heavy atom. The third kappa shape index (κ3) is 5.32. The van der Waals surface area contributed by atoms with E-state index < -0.39 is 10.0 Å². The number of benzene rings is 2. The van der Waals surface area contributed by atoms with Crippen molar-refractivity contribution in [2.75, 3.05) is 58.4 Å². The number of ether oxygens (including phenoxy) is 2. The minimum absolute atomic E-state index is 0.115. The summed E-state index contributed by atoms with van der Waals surface area (Å²) in [5.74, 6) is 2.73. The molecule has 0 spiro atoms. The van der Waals surface area contributed by atoms with Gasteiger partial charge in [0.05, 0.1) is 18.9 Å². The Balaban J connectivity index is 1.17. The molecule has 3 aromatic rings. The first-order valence-corrected chi connectivity index (χ1v) is 14.8. The van der Waals surface area contributed by atoms with Gasteiger partial charge in [0.1, 0.15) is 22.2 Å². The Hall–Kier alpha value is -2.40. The number of hydrogen-bond donors (Lipinski definition) is 1. The fraction of sp³-hybridized carbons (Fsp3) is 0.500. The van der Waals surface area contributed by atoms with Crippen LogP contribution in [0.1, 0.15) is 19.3 Å². The lowest BCUT2D eigenvalue weighted by molar-refractivity contribution is 0.196. The molecule has 0 bridgehead atoms. The van der Waals surface area contributed by atoms with Crippen LogP contribution in [-0.4, -0.2) is 71.2 Å². The molecule has 10 heteroatoms. The number of hydrogen-bond acceptors (Lipinski definition) is 8. The smallest absolute Gasteiger partial charge is 0.244 e. The largest absolute Gasteiger partial charge is 0.497 e. The summed E-state index contributed by atoms with van der Waals surface area (Å²) >= 11 is 1.57. The molecule has 1 aromatic heterocycles. The fourth-order valence-electron chi connectivity index (χ4n) is 5.49. The van der Waals surface area contributed by atoms with Gasteiger partial charge in [0.25, 0.3) is 0 Å². The van der Waals surface area contributed by atoms with E-state index in [1.54, 1.807) is 23.7 Å². The van der Waals surface area contributed by atoms with Gasteiger partial charge in [-0.3, -0.25) is 4.90 Å². The van der Waals surface area contributed by atoms with Crippen molar-refractivity contribution in [2.24, 2.45) is 11.8 Å². The van der Waals surface area contributed by atoms with Crippen molar-refractivity contribution in [1.82, 2.24) is 14.0 Å². The van der Waals surface area contributed by atoms with Crippen LogP contribution in [0, 0.1) is 11.8 Å². The molecule has 1 aliphatic carbocycles. The molecule has 2 aromatic carbocycles. The molecular formula is C26H34N4O4S2. The van der Waals surface area contributed by atoms with Gasteiger partial charge in [-0.15, -0.1) is 0 Å². The zero-order valence-electron chi connectivity index (χ0n) is 20.9. The summed E-state index contributed by atoms with van der Waals surface area (Å²) in [6, 6.07) is 13.3. The SMILES string of the molecule is COc1ccc(OC)c(S(=O)(=O)NC[C@H]2CCC[C@@H]2CN2CCN(c3nsc4ccccc34)CC2)c1. The highest BCUT2D eigenvalue weighted by Crippen LogP contribution is 2.34. The highest BCUT2D eigenvalue weighted by molar-refractivity contribution is 7.89. The lowest BCUT2D eigenvalue weighted by Crippen LogP contribution is -2.48. The van der Waals surface area contributed by atoms with Crippen molar-refractivity contribution in [3.8, 4) is 11.5 Å². The molecule has 2 fully saturated rings. The van der Waals surface area contributed by atoms with E-state index in [1.807, 2.05) is 0 Å². The Labute approximate surface area is 217 Å². The maximum absolute atomic E-state index is 13.1. The second-order valence-electron chi connectivity index (χ2n) is 9.61. The summed E-state index contributed by atoms with van der Waals surface area (Å²) in [4.78, 5) is 5.05. The van der Waals surface area contributed by atoms with Crippen LogP contribution in [0.15, 0.2) is 47.4 Å². The first-order valence-electron chi connectivity index (χ1n) is 12.5. The number of rotatable bonds is 9. The molecule has 0 radical (unpaired) electrons. The van der Waals surface area contributed by atoms with E-state index in [2.05, 4.69) is 38.8 Å². The van der Waals surface area contributed by atoms with E-state index in [9.17, 15) is 8.42 Å².